The molecule has 220 valence electrons. The second-order valence-electron chi connectivity index (χ2n) is 11.6. The summed E-state index contributed by atoms with van der Waals surface area (Å²) in [6, 6.07) is 2.96. The fraction of sp³-hybridized carbons (Fsp3) is 0.536. The number of benzene rings is 1. The van der Waals surface area contributed by atoms with E-state index in [1.807, 2.05) is 4.90 Å². The van der Waals surface area contributed by atoms with Gasteiger partial charge >= 0.3 is 12.2 Å². The van der Waals surface area contributed by atoms with Crippen LogP contribution in [0.2, 0.25) is 5.02 Å². The molecule has 2 bridgehead atoms. The topological polar surface area (TPSA) is 98.4 Å². The van der Waals surface area contributed by atoms with Gasteiger partial charge in [-0.15, -0.1) is 0 Å². The molecule has 3 fully saturated rings. The number of hydrogen-bond donors (Lipinski definition) is 2. The average molecular weight is 595 g/mol. The first kappa shape index (κ1) is 28.2. The Balaban J connectivity index is 1.52. The number of nitrogen functional groups attached to an aromatic ring is 1. The Hall–Kier alpha value is -2.96. The summed E-state index contributed by atoms with van der Waals surface area (Å²) in [5.41, 5.74) is 2.94. The minimum atomic E-state index is -4.82. The molecule has 0 saturated carbocycles. The van der Waals surface area contributed by atoms with E-state index in [0.29, 0.717) is 32.1 Å². The molecule has 3 N–H and O–H groups in total. The van der Waals surface area contributed by atoms with Crippen LogP contribution in [0, 0.1) is 18.2 Å². The maximum absolute atomic E-state index is 16.5. The summed E-state index contributed by atoms with van der Waals surface area (Å²) in [4.78, 5) is 15.0. The highest BCUT2D eigenvalue weighted by Crippen LogP contribution is 2.45. The van der Waals surface area contributed by atoms with E-state index in [0.717, 1.165) is 31.7 Å². The van der Waals surface area contributed by atoms with Gasteiger partial charge in [-0.05, 0) is 50.3 Å². The van der Waals surface area contributed by atoms with Crippen molar-refractivity contribution in [3.05, 3.63) is 34.1 Å². The summed E-state index contributed by atoms with van der Waals surface area (Å²) >= 11 is 6.55. The lowest BCUT2D eigenvalue weighted by atomic mass is 9.83. The molecule has 3 aliphatic heterocycles. The fourth-order valence-electron chi connectivity index (χ4n) is 6.14. The van der Waals surface area contributed by atoms with Crippen LogP contribution in [-0.4, -0.2) is 59.9 Å². The van der Waals surface area contributed by atoms with Crippen molar-refractivity contribution in [2.24, 2.45) is 5.41 Å². The number of alkyl halides is 3. The first-order valence-electron chi connectivity index (χ1n) is 13.7. The van der Waals surface area contributed by atoms with Gasteiger partial charge in [0.1, 0.15) is 17.2 Å². The fourth-order valence-corrected chi connectivity index (χ4v) is 6.42. The predicted molar refractivity (Wildman–Crippen MR) is 148 cm³/mol. The van der Waals surface area contributed by atoms with Crippen LogP contribution in [0.15, 0.2) is 12.1 Å². The van der Waals surface area contributed by atoms with Gasteiger partial charge in [-0.25, -0.2) is 9.37 Å². The number of fused-ring (bicyclic) bond motifs is 3. The Morgan fingerprint density at radius 1 is 1.15 bits per heavy atom. The van der Waals surface area contributed by atoms with Gasteiger partial charge in [0.05, 0.1) is 28.5 Å². The summed E-state index contributed by atoms with van der Waals surface area (Å²) in [7, 11) is 0. The number of nitrogens with two attached hydrogens (primary N) is 1. The van der Waals surface area contributed by atoms with Gasteiger partial charge in [-0.3, -0.25) is 0 Å². The molecule has 0 aliphatic carbocycles. The highest BCUT2D eigenvalue weighted by atomic mass is 35.5. The summed E-state index contributed by atoms with van der Waals surface area (Å²) < 4.78 is 70.5. The number of ether oxygens (including phenoxy) is 2. The zero-order valence-corrected chi connectivity index (χ0v) is 23.5. The smallest absolute Gasteiger partial charge is 0.418 e. The zero-order valence-electron chi connectivity index (χ0n) is 22.7. The van der Waals surface area contributed by atoms with Crippen molar-refractivity contribution in [2.75, 3.05) is 43.5 Å². The molecule has 1 aromatic carbocycles. The Kier molecular flexibility index (Phi) is 7.14. The third-order valence-corrected chi connectivity index (χ3v) is 8.66. The summed E-state index contributed by atoms with van der Waals surface area (Å²) in [5.74, 6) is -0.797. The molecule has 0 amide bonds. The predicted octanol–water partition coefficient (Wildman–Crippen LogP) is 5.53. The number of halogens is 5. The molecule has 0 radical (unpaired) electrons. The minimum Gasteiger partial charge on any atom is -0.463 e. The average Bonchev–Trinajstić information content (AvgIpc) is 3.23. The van der Waals surface area contributed by atoms with Crippen molar-refractivity contribution in [1.29, 1.82) is 0 Å². The molecule has 2 unspecified atom stereocenters. The van der Waals surface area contributed by atoms with Crippen LogP contribution in [0.1, 0.15) is 43.7 Å². The highest BCUT2D eigenvalue weighted by Gasteiger charge is 2.39. The van der Waals surface area contributed by atoms with Crippen LogP contribution in [0.4, 0.5) is 29.2 Å². The van der Waals surface area contributed by atoms with Crippen LogP contribution in [0.5, 0.6) is 6.01 Å². The third kappa shape index (κ3) is 5.37. The van der Waals surface area contributed by atoms with E-state index < -0.39 is 28.8 Å². The molecule has 41 heavy (non-hydrogen) atoms. The number of anilines is 2. The lowest BCUT2D eigenvalue weighted by Gasteiger charge is -2.35. The van der Waals surface area contributed by atoms with Crippen molar-refractivity contribution in [2.45, 2.75) is 57.8 Å². The van der Waals surface area contributed by atoms with E-state index in [1.54, 1.807) is 0 Å². The second kappa shape index (κ2) is 10.4. The summed E-state index contributed by atoms with van der Waals surface area (Å²) in [6.45, 7) is 6.09. The lowest BCUT2D eigenvalue weighted by molar-refractivity contribution is -0.137. The number of nitrogens with one attached hydrogen (secondary N) is 1. The van der Waals surface area contributed by atoms with Crippen molar-refractivity contribution < 1.29 is 27.0 Å². The van der Waals surface area contributed by atoms with Crippen molar-refractivity contribution in [1.82, 2.24) is 20.3 Å². The van der Waals surface area contributed by atoms with E-state index in [2.05, 4.69) is 22.2 Å². The van der Waals surface area contributed by atoms with E-state index in [-0.39, 0.29) is 57.4 Å². The molecule has 2 atom stereocenters. The molecule has 3 aliphatic rings. The first-order chi connectivity index (χ1) is 19.4. The number of pyridine rings is 1. The quantitative estimate of drug-likeness (QED) is 0.372. The number of rotatable bonds is 5. The Morgan fingerprint density at radius 3 is 2.49 bits per heavy atom. The van der Waals surface area contributed by atoms with Gasteiger partial charge in [-0.1, -0.05) is 18.5 Å². The normalized spacial score (nSPS) is 22.4. The van der Waals surface area contributed by atoms with Crippen LogP contribution in [0.25, 0.3) is 22.2 Å². The van der Waals surface area contributed by atoms with Gasteiger partial charge in [0, 0.05) is 49.2 Å². The van der Waals surface area contributed by atoms with E-state index in [1.165, 1.54) is 13.0 Å². The third-order valence-electron chi connectivity index (χ3n) is 8.36. The Morgan fingerprint density at radius 2 is 1.83 bits per heavy atom. The SMILES string of the molecule is Cc1cc(N)nc(-c2c(Cl)cc3c(N4CC5CCC(C4)N5)nc(OCC4(C)CCOCC4)nc3c2F)c1C(F)(F)F. The highest BCUT2D eigenvalue weighted by molar-refractivity contribution is 6.34. The molecule has 5 heterocycles. The van der Waals surface area contributed by atoms with Crippen LogP contribution in [-0.2, 0) is 10.9 Å². The molecule has 8 nitrogen and oxygen atoms in total. The Labute approximate surface area is 239 Å². The molecule has 3 aromatic rings. The van der Waals surface area contributed by atoms with Crippen molar-refractivity contribution in [3.63, 3.8) is 0 Å². The van der Waals surface area contributed by atoms with Crippen LogP contribution >= 0.6 is 11.6 Å². The van der Waals surface area contributed by atoms with Gasteiger partial charge in [0.15, 0.2) is 5.82 Å². The van der Waals surface area contributed by atoms with Gasteiger partial charge in [0.2, 0.25) is 0 Å². The van der Waals surface area contributed by atoms with Gasteiger partial charge < -0.3 is 25.4 Å². The van der Waals surface area contributed by atoms with Crippen LogP contribution in [0.3, 0.4) is 0 Å². The number of aryl methyl sites for hydroxylation is 1. The van der Waals surface area contributed by atoms with Crippen molar-refractivity contribution >= 4 is 34.1 Å². The largest absolute Gasteiger partial charge is 0.463 e. The molecular formula is C28H31ClF4N6O2. The number of piperazine rings is 1. The molecule has 3 saturated heterocycles. The number of nitrogens with zero attached hydrogens (tertiary/aromatic N) is 4. The monoisotopic (exact) mass is 594 g/mol. The zero-order chi connectivity index (χ0) is 29.1. The summed E-state index contributed by atoms with van der Waals surface area (Å²) in [6.07, 6.45) is -1.25. The lowest BCUT2D eigenvalue weighted by Crippen LogP contribution is -2.51. The van der Waals surface area contributed by atoms with Crippen molar-refractivity contribution in [3.8, 4) is 17.3 Å². The van der Waals surface area contributed by atoms with Gasteiger partial charge in [-0.2, -0.15) is 23.1 Å². The van der Waals surface area contributed by atoms with Crippen LogP contribution < -0.4 is 20.7 Å². The van der Waals surface area contributed by atoms with E-state index in [9.17, 15) is 13.2 Å². The van der Waals surface area contributed by atoms with Gasteiger partial charge in [0.25, 0.3) is 0 Å². The maximum Gasteiger partial charge on any atom is 0.418 e. The standard InChI is InChI=1S/C28H31ClF4N6O2/c1-14-9-19(34)36-24(21(14)28(31,32)33)20-18(29)10-17-23(22(20)30)37-26(41-13-27(2)5-7-40-8-6-27)38-25(17)39-11-15-3-4-16(12-39)35-15/h9-10,15-16,35H,3-8,11-13H2,1-2H3,(H2,34,36). The minimum absolute atomic E-state index is 0.0500. The first-order valence-corrected chi connectivity index (χ1v) is 14.1. The molecule has 2 aromatic heterocycles. The molecule has 13 heteroatoms. The summed E-state index contributed by atoms with van der Waals surface area (Å²) in [5, 5.41) is 3.60. The Bertz CT molecular complexity index is 1490. The molecule has 0 spiro atoms. The number of aromatic nitrogens is 3. The molecule has 6 rings (SSSR count). The number of hydrogen-bond acceptors (Lipinski definition) is 8. The second-order valence-corrected chi connectivity index (χ2v) is 12.0. The molecular weight excluding hydrogens is 564 g/mol. The van der Waals surface area contributed by atoms with E-state index >= 15 is 4.39 Å². The van der Waals surface area contributed by atoms with E-state index in [4.69, 9.17) is 31.8 Å². The maximum atomic E-state index is 16.5.